The summed E-state index contributed by atoms with van der Waals surface area (Å²) in [6.07, 6.45) is 1.24. The Morgan fingerprint density at radius 2 is 2.23 bits per heavy atom. The van der Waals surface area contributed by atoms with Crippen molar-refractivity contribution < 1.29 is 9.18 Å². The van der Waals surface area contributed by atoms with Crippen molar-refractivity contribution in [3.05, 3.63) is 48.2 Å². The molecule has 9 heteroatoms. The molecular weight excluding hydrogens is 289 g/mol. The van der Waals surface area contributed by atoms with Gasteiger partial charge in [-0.1, -0.05) is 6.07 Å². The van der Waals surface area contributed by atoms with Crippen molar-refractivity contribution in [2.45, 2.75) is 13.5 Å². The maximum absolute atomic E-state index is 13.4. The van der Waals surface area contributed by atoms with Crippen molar-refractivity contribution in [1.82, 2.24) is 30.0 Å². The largest absolute Gasteiger partial charge is 0.309 e. The molecule has 1 N–H and O–H groups in total. The van der Waals surface area contributed by atoms with Crippen molar-refractivity contribution in [1.29, 1.82) is 0 Å². The Morgan fingerprint density at radius 1 is 1.36 bits per heavy atom. The monoisotopic (exact) mass is 301 g/mol. The first-order valence-corrected chi connectivity index (χ1v) is 6.45. The normalized spacial score (nSPS) is 10.6. The zero-order valence-corrected chi connectivity index (χ0v) is 11.6. The number of nitrogens with zero attached hydrogens (tertiary/aromatic N) is 6. The second-order valence-electron chi connectivity index (χ2n) is 4.58. The summed E-state index contributed by atoms with van der Waals surface area (Å²) < 4.78 is 14.8. The number of rotatable bonds is 4. The fourth-order valence-corrected chi connectivity index (χ4v) is 1.96. The van der Waals surface area contributed by atoms with E-state index < -0.39 is 0 Å². The maximum atomic E-state index is 13.4. The molecule has 0 spiro atoms. The number of amides is 1. The first-order chi connectivity index (χ1) is 10.6. The van der Waals surface area contributed by atoms with Gasteiger partial charge in [0.25, 0.3) is 0 Å². The lowest BCUT2D eigenvalue weighted by Crippen LogP contribution is -2.22. The molecular formula is C13H12FN7O. The van der Waals surface area contributed by atoms with Crippen LogP contribution < -0.4 is 5.32 Å². The Morgan fingerprint density at radius 3 is 2.95 bits per heavy atom. The number of nitrogens with one attached hydrogen (secondary N) is 1. The highest BCUT2D eigenvalue weighted by Crippen LogP contribution is 2.17. The second-order valence-corrected chi connectivity index (χ2v) is 4.58. The average Bonchev–Trinajstić information content (AvgIpc) is 3.08. The SMILES string of the molecule is Cc1cc(NC(=O)Cn2ncnn2)n(-c2cccc(F)c2)n1. The summed E-state index contributed by atoms with van der Waals surface area (Å²) >= 11 is 0. The van der Waals surface area contributed by atoms with Crippen LogP contribution >= 0.6 is 0 Å². The van der Waals surface area contributed by atoms with Crippen LogP contribution in [0.15, 0.2) is 36.7 Å². The smallest absolute Gasteiger partial charge is 0.249 e. The Kier molecular flexibility index (Phi) is 3.60. The van der Waals surface area contributed by atoms with Gasteiger partial charge >= 0.3 is 0 Å². The molecule has 0 bridgehead atoms. The minimum Gasteiger partial charge on any atom is -0.309 e. The van der Waals surface area contributed by atoms with Gasteiger partial charge in [0.05, 0.1) is 11.4 Å². The highest BCUT2D eigenvalue weighted by atomic mass is 19.1. The van der Waals surface area contributed by atoms with Gasteiger partial charge in [-0.15, -0.1) is 10.2 Å². The van der Waals surface area contributed by atoms with Crippen molar-refractivity contribution in [3.63, 3.8) is 0 Å². The van der Waals surface area contributed by atoms with E-state index in [0.717, 1.165) is 4.80 Å². The van der Waals surface area contributed by atoms with Gasteiger partial charge in [0.1, 0.15) is 18.2 Å². The van der Waals surface area contributed by atoms with Gasteiger partial charge in [-0.05, 0) is 30.3 Å². The third-order valence-corrected chi connectivity index (χ3v) is 2.83. The molecule has 1 aromatic carbocycles. The van der Waals surface area contributed by atoms with E-state index in [-0.39, 0.29) is 18.3 Å². The molecule has 0 radical (unpaired) electrons. The number of aromatic nitrogens is 6. The predicted octanol–water partition coefficient (Wildman–Crippen LogP) is 0.945. The molecule has 8 nitrogen and oxygen atoms in total. The van der Waals surface area contributed by atoms with E-state index in [0.29, 0.717) is 17.2 Å². The average molecular weight is 301 g/mol. The van der Waals surface area contributed by atoms with Gasteiger partial charge in [-0.3, -0.25) is 4.79 Å². The number of halogens is 1. The van der Waals surface area contributed by atoms with Gasteiger partial charge in [0.15, 0.2) is 6.33 Å². The van der Waals surface area contributed by atoms with Gasteiger partial charge in [0, 0.05) is 6.07 Å². The lowest BCUT2D eigenvalue weighted by Gasteiger charge is -2.08. The molecule has 1 amide bonds. The summed E-state index contributed by atoms with van der Waals surface area (Å²) in [5.74, 6) is -0.279. The lowest BCUT2D eigenvalue weighted by atomic mass is 10.3. The van der Waals surface area contributed by atoms with Crippen LogP contribution in [0.25, 0.3) is 5.69 Å². The Hall–Kier alpha value is -3.10. The number of benzene rings is 1. The fraction of sp³-hybridized carbons (Fsp3) is 0.154. The van der Waals surface area contributed by atoms with E-state index in [2.05, 4.69) is 25.8 Å². The minimum absolute atomic E-state index is 0.0760. The Labute approximate surface area is 124 Å². The zero-order chi connectivity index (χ0) is 15.5. The van der Waals surface area contributed by atoms with Crippen LogP contribution in [0.3, 0.4) is 0 Å². The van der Waals surface area contributed by atoms with E-state index in [1.165, 1.54) is 23.1 Å². The summed E-state index contributed by atoms with van der Waals surface area (Å²) in [6, 6.07) is 7.64. The van der Waals surface area contributed by atoms with Gasteiger partial charge in [-0.25, -0.2) is 9.07 Å². The molecule has 0 saturated heterocycles. The molecule has 0 aliphatic carbocycles. The molecule has 112 valence electrons. The second kappa shape index (κ2) is 5.72. The summed E-state index contributed by atoms with van der Waals surface area (Å²) in [6.45, 7) is 1.71. The van der Waals surface area contributed by atoms with Crippen LogP contribution in [0.4, 0.5) is 10.2 Å². The van der Waals surface area contributed by atoms with Crippen LogP contribution in [0, 0.1) is 12.7 Å². The molecule has 0 atom stereocenters. The predicted molar refractivity (Wildman–Crippen MR) is 74.7 cm³/mol. The molecule has 0 fully saturated rings. The van der Waals surface area contributed by atoms with E-state index in [1.54, 1.807) is 25.1 Å². The third-order valence-electron chi connectivity index (χ3n) is 2.83. The van der Waals surface area contributed by atoms with Gasteiger partial charge in [0.2, 0.25) is 5.91 Å². The van der Waals surface area contributed by atoms with Crippen LogP contribution in [0.5, 0.6) is 0 Å². The minimum atomic E-state index is -0.380. The van der Waals surface area contributed by atoms with Crippen molar-refractivity contribution in [2.75, 3.05) is 5.32 Å². The topological polar surface area (TPSA) is 90.5 Å². The van der Waals surface area contributed by atoms with E-state index in [1.807, 2.05) is 0 Å². The van der Waals surface area contributed by atoms with Crippen molar-refractivity contribution >= 4 is 11.7 Å². The molecule has 0 aliphatic rings. The van der Waals surface area contributed by atoms with Crippen LogP contribution in [-0.2, 0) is 11.3 Å². The number of aryl methyl sites for hydroxylation is 1. The molecule has 0 aliphatic heterocycles. The van der Waals surface area contributed by atoms with Gasteiger partial charge in [-0.2, -0.15) is 9.90 Å². The highest BCUT2D eigenvalue weighted by Gasteiger charge is 2.12. The molecule has 22 heavy (non-hydrogen) atoms. The molecule has 2 heterocycles. The molecule has 2 aromatic heterocycles. The van der Waals surface area contributed by atoms with Crippen LogP contribution in [0.1, 0.15) is 5.69 Å². The molecule has 0 saturated carbocycles. The quantitative estimate of drug-likeness (QED) is 0.774. The van der Waals surface area contributed by atoms with Crippen LogP contribution in [0.2, 0.25) is 0 Å². The number of carbonyl (C=O) groups excluding carboxylic acids is 1. The summed E-state index contributed by atoms with van der Waals surface area (Å²) in [5, 5.41) is 17.9. The van der Waals surface area contributed by atoms with E-state index >= 15 is 0 Å². The summed E-state index contributed by atoms with van der Waals surface area (Å²) in [5.41, 5.74) is 1.21. The number of carbonyl (C=O) groups is 1. The number of anilines is 1. The van der Waals surface area contributed by atoms with E-state index in [9.17, 15) is 9.18 Å². The number of tetrazole rings is 1. The van der Waals surface area contributed by atoms with E-state index in [4.69, 9.17) is 0 Å². The van der Waals surface area contributed by atoms with Gasteiger partial charge < -0.3 is 5.32 Å². The number of hydrogen-bond acceptors (Lipinski definition) is 5. The van der Waals surface area contributed by atoms with Crippen molar-refractivity contribution in [2.24, 2.45) is 0 Å². The fourth-order valence-electron chi connectivity index (χ4n) is 1.96. The molecule has 3 aromatic rings. The third kappa shape index (κ3) is 2.97. The standard InChI is InChI=1S/C13H12FN7O/c1-9-5-12(17-13(22)7-20-16-8-15-19-20)21(18-9)11-4-2-3-10(14)6-11/h2-6,8H,7H2,1H3,(H,17,22). The summed E-state index contributed by atoms with van der Waals surface area (Å²) in [7, 11) is 0. The maximum Gasteiger partial charge on any atom is 0.249 e. The Balaban J connectivity index is 1.83. The lowest BCUT2D eigenvalue weighted by molar-refractivity contribution is -0.117. The first-order valence-electron chi connectivity index (χ1n) is 6.45. The summed E-state index contributed by atoms with van der Waals surface area (Å²) in [4.78, 5) is 13.1. The number of hydrogen-bond donors (Lipinski definition) is 1. The van der Waals surface area contributed by atoms with Crippen LogP contribution in [-0.4, -0.2) is 35.9 Å². The highest BCUT2D eigenvalue weighted by molar-refractivity contribution is 5.89. The Bertz CT molecular complexity index is 797. The molecule has 0 unspecified atom stereocenters. The molecule has 3 rings (SSSR count). The van der Waals surface area contributed by atoms with Crippen molar-refractivity contribution in [3.8, 4) is 5.69 Å². The zero-order valence-electron chi connectivity index (χ0n) is 11.6. The first kappa shape index (κ1) is 13.9.